The Balaban J connectivity index is 1.84. The normalized spacial score (nSPS) is 12.0. The van der Waals surface area contributed by atoms with Gasteiger partial charge in [-0.2, -0.15) is 0 Å². The molecule has 0 spiro atoms. The number of hydrogen-bond donors (Lipinski definition) is 1. The van der Waals surface area contributed by atoms with Gasteiger partial charge in [0.2, 0.25) is 0 Å². The molecule has 0 saturated heterocycles. The molecule has 0 atom stereocenters. The molecule has 114 valence electrons. The summed E-state index contributed by atoms with van der Waals surface area (Å²) in [6.07, 6.45) is 3.53. The summed E-state index contributed by atoms with van der Waals surface area (Å²) in [6.45, 7) is 9.32. The van der Waals surface area contributed by atoms with E-state index in [9.17, 15) is 0 Å². The average molecular weight is 286 g/mol. The summed E-state index contributed by atoms with van der Waals surface area (Å²) in [5, 5.41) is 3.51. The van der Waals surface area contributed by atoms with E-state index < -0.39 is 0 Å². The van der Waals surface area contributed by atoms with Gasteiger partial charge in [0.1, 0.15) is 0 Å². The maximum atomic E-state index is 5.10. The number of hydrogen-bond acceptors (Lipinski definition) is 3. The summed E-state index contributed by atoms with van der Waals surface area (Å²) in [5.41, 5.74) is 4.03. The molecule has 0 bridgehead atoms. The zero-order valence-corrected chi connectivity index (χ0v) is 13.5. The third-order valence-corrected chi connectivity index (χ3v) is 3.33. The maximum Gasteiger partial charge on any atom is 0.0947 e. The van der Waals surface area contributed by atoms with E-state index in [-0.39, 0.29) is 5.54 Å². The second kappa shape index (κ2) is 6.92. The zero-order valence-electron chi connectivity index (χ0n) is 13.5. The van der Waals surface area contributed by atoms with Crippen LogP contribution in [0.1, 0.15) is 37.5 Å². The van der Waals surface area contributed by atoms with Crippen LogP contribution in [0.4, 0.5) is 0 Å². The van der Waals surface area contributed by atoms with Crippen LogP contribution in [0.15, 0.2) is 47.3 Å². The molecule has 1 aromatic heterocycles. The monoisotopic (exact) mass is 286 g/mol. The van der Waals surface area contributed by atoms with Gasteiger partial charge in [-0.1, -0.05) is 24.3 Å². The number of nitrogens with zero attached hydrogens (tertiary/aromatic N) is 1. The second-order valence-electron chi connectivity index (χ2n) is 6.72. The van der Waals surface area contributed by atoms with Gasteiger partial charge in [-0.15, -0.1) is 0 Å². The Labute approximate surface area is 128 Å². The van der Waals surface area contributed by atoms with Crippen molar-refractivity contribution in [2.24, 2.45) is 0 Å². The van der Waals surface area contributed by atoms with Crippen molar-refractivity contribution in [2.45, 2.75) is 45.9 Å². The van der Waals surface area contributed by atoms with Crippen LogP contribution in [-0.4, -0.2) is 17.5 Å². The fourth-order valence-corrected chi connectivity index (χ4v) is 2.19. The van der Waals surface area contributed by atoms with Gasteiger partial charge >= 0.3 is 0 Å². The molecule has 0 aliphatic rings. The maximum absolute atomic E-state index is 5.10. The van der Waals surface area contributed by atoms with Crippen LogP contribution < -0.4 is 5.32 Å². The molecule has 0 unspecified atom stereocenters. The third kappa shape index (κ3) is 5.74. The first-order chi connectivity index (χ1) is 9.92. The zero-order chi connectivity index (χ0) is 15.3. The first-order valence-electron chi connectivity index (χ1n) is 7.45. The second-order valence-corrected chi connectivity index (χ2v) is 6.72. The molecule has 2 rings (SSSR count). The average Bonchev–Trinajstić information content (AvgIpc) is 2.89. The van der Waals surface area contributed by atoms with E-state index in [1.807, 2.05) is 6.07 Å². The number of furan rings is 1. The molecule has 3 nitrogen and oxygen atoms in total. The van der Waals surface area contributed by atoms with Crippen molar-refractivity contribution in [1.29, 1.82) is 0 Å². The van der Waals surface area contributed by atoms with Gasteiger partial charge in [0.25, 0.3) is 0 Å². The van der Waals surface area contributed by atoms with Crippen LogP contribution in [0.2, 0.25) is 0 Å². The number of nitrogens with one attached hydrogen (secondary N) is 1. The Hall–Kier alpha value is -1.58. The number of benzene rings is 1. The Bertz CT molecular complexity index is 523. The molecule has 0 saturated carbocycles. The standard InChI is InChI=1S/C18H26N2O/c1-18(2,3)19-11-15-5-7-16(8-6-15)12-20(4)13-17-9-10-21-14-17/h5-10,14,19H,11-13H2,1-4H3. The summed E-state index contributed by atoms with van der Waals surface area (Å²) >= 11 is 0. The van der Waals surface area contributed by atoms with Crippen LogP contribution in [0.3, 0.4) is 0 Å². The van der Waals surface area contributed by atoms with Crippen molar-refractivity contribution in [2.75, 3.05) is 7.05 Å². The van der Waals surface area contributed by atoms with Crippen molar-refractivity contribution in [3.05, 3.63) is 59.5 Å². The predicted molar refractivity (Wildman–Crippen MR) is 86.9 cm³/mol. The Morgan fingerprint density at radius 2 is 1.57 bits per heavy atom. The van der Waals surface area contributed by atoms with Crippen LogP contribution >= 0.6 is 0 Å². The van der Waals surface area contributed by atoms with Crippen molar-refractivity contribution in [1.82, 2.24) is 10.2 Å². The summed E-state index contributed by atoms with van der Waals surface area (Å²) in [4.78, 5) is 2.28. The van der Waals surface area contributed by atoms with Crippen LogP contribution in [0, 0.1) is 0 Å². The fourth-order valence-electron chi connectivity index (χ4n) is 2.19. The molecule has 0 amide bonds. The third-order valence-electron chi connectivity index (χ3n) is 3.33. The predicted octanol–water partition coefficient (Wildman–Crippen LogP) is 3.80. The molecule has 0 aliphatic carbocycles. The summed E-state index contributed by atoms with van der Waals surface area (Å²) in [5.74, 6) is 0. The van der Waals surface area contributed by atoms with Crippen LogP contribution in [0.25, 0.3) is 0 Å². The molecule has 21 heavy (non-hydrogen) atoms. The lowest BCUT2D eigenvalue weighted by molar-refractivity contribution is 0.318. The smallest absolute Gasteiger partial charge is 0.0947 e. The van der Waals surface area contributed by atoms with Crippen molar-refractivity contribution in [3.63, 3.8) is 0 Å². The van der Waals surface area contributed by atoms with Gasteiger partial charge in [-0.3, -0.25) is 4.90 Å². The Morgan fingerprint density at radius 3 is 2.14 bits per heavy atom. The topological polar surface area (TPSA) is 28.4 Å². The van der Waals surface area contributed by atoms with E-state index in [2.05, 4.69) is 62.3 Å². The van der Waals surface area contributed by atoms with Gasteiger partial charge in [-0.05, 0) is 45.0 Å². The summed E-state index contributed by atoms with van der Waals surface area (Å²) in [7, 11) is 2.13. The van der Waals surface area contributed by atoms with Crippen molar-refractivity contribution < 1.29 is 4.42 Å². The van der Waals surface area contributed by atoms with Crippen LogP contribution in [0.5, 0.6) is 0 Å². The first-order valence-corrected chi connectivity index (χ1v) is 7.45. The lowest BCUT2D eigenvalue weighted by Gasteiger charge is -2.21. The SMILES string of the molecule is CN(Cc1ccc(CNC(C)(C)C)cc1)Cc1ccoc1. The molecular formula is C18H26N2O. The molecule has 2 aromatic rings. The summed E-state index contributed by atoms with van der Waals surface area (Å²) < 4.78 is 5.10. The number of rotatable bonds is 6. The highest BCUT2D eigenvalue weighted by Gasteiger charge is 2.08. The van der Waals surface area contributed by atoms with E-state index in [1.54, 1.807) is 12.5 Å². The highest BCUT2D eigenvalue weighted by atomic mass is 16.3. The van der Waals surface area contributed by atoms with E-state index in [1.165, 1.54) is 16.7 Å². The highest BCUT2D eigenvalue weighted by Crippen LogP contribution is 2.11. The molecular weight excluding hydrogens is 260 g/mol. The first kappa shape index (κ1) is 15.8. The minimum atomic E-state index is 0.156. The minimum absolute atomic E-state index is 0.156. The largest absolute Gasteiger partial charge is 0.472 e. The fraction of sp³-hybridized carbons (Fsp3) is 0.444. The van der Waals surface area contributed by atoms with Gasteiger partial charge in [0.05, 0.1) is 12.5 Å². The molecule has 0 aliphatic heterocycles. The Morgan fingerprint density at radius 1 is 0.952 bits per heavy atom. The molecule has 0 fully saturated rings. The lowest BCUT2D eigenvalue weighted by atomic mass is 10.1. The molecule has 1 heterocycles. The minimum Gasteiger partial charge on any atom is -0.472 e. The molecule has 0 radical (unpaired) electrons. The molecule has 1 aromatic carbocycles. The van der Waals surface area contributed by atoms with Gasteiger partial charge in [-0.25, -0.2) is 0 Å². The highest BCUT2D eigenvalue weighted by molar-refractivity contribution is 5.22. The van der Waals surface area contributed by atoms with Crippen LogP contribution in [-0.2, 0) is 19.6 Å². The summed E-state index contributed by atoms with van der Waals surface area (Å²) in [6, 6.07) is 10.9. The van der Waals surface area contributed by atoms with Gasteiger partial charge in [0.15, 0.2) is 0 Å². The van der Waals surface area contributed by atoms with Gasteiger partial charge < -0.3 is 9.73 Å². The van der Waals surface area contributed by atoms with E-state index in [0.29, 0.717) is 0 Å². The Kier molecular flexibility index (Phi) is 5.21. The quantitative estimate of drug-likeness (QED) is 0.875. The molecule has 3 heteroatoms. The van der Waals surface area contributed by atoms with E-state index in [0.717, 1.165) is 19.6 Å². The van der Waals surface area contributed by atoms with Crippen molar-refractivity contribution >= 4 is 0 Å². The van der Waals surface area contributed by atoms with Gasteiger partial charge in [0, 0.05) is 30.7 Å². The van der Waals surface area contributed by atoms with E-state index >= 15 is 0 Å². The van der Waals surface area contributed by atoms with Crippen molar-refractivity contribution in [3.8, 4) is 0 Å². The van der Waals surface area contributed by atoms with E-state index in [4.69, 9.17) is 4.42 Å². The lowest BCUT2D eigenvalue weighted by Crippen LogP contribution is -2.35. The molecule has 1 N–H and O–H groups in total.